The third kappa shape index (κ3) is 8.16. The molecule has 1 unspecified atom stereocenters. The van der Waals surface area contributed by atoms with Gasteiger partial charge in [0.15, 0.2) is 11.8 Å². The number of hydrogen-bond donors (Lipinski definition) is 2. The fourth-order valence-corrected chi connectivity index (χ4v) is 2.70. The Bertz CT molecular complexity index is 729. The third-order valence-corrected chi connectivity index (χ3v) is 4.34. The molecule has 1 atom stereocenters. The fraction of sp³-hybridized carbons (Fsp3) is 0.571. The van der Waals surface area contributed by atoms with Gasteiger partial charge in [0.2, 0.25) is 5.89 Å². The lowest BCUT2D eigenvalue weighted by molar-refractivity contribution is 0.368. The smallest absolute Gasteiger partial charge is 0.226 e. The molecule has 1 aromatic heterocycles. The van der Waals surface area contributed by atoms with E-state index in [9.17, 15) is 0 Å². The molecule has 0 radical (unpaired) electrons. The summed E-state index contributed by atoms with van der Waals surface area (Å²) in [6.45, 7) is 12.9. The van der Waals surface area contributed by atoms with Crippen LogP contribution in [0.2, 0.25) is 0 Å². The van der Waals surface area contributed by atoms with Gasteiger partial charge in [-0.2, -0.15) is 4.98 Å². The highest BCUT2D eigenvalue weighted by atomic mass is 127. The zero-order valence-electron chi connectivity index (χ0n) is 17.7. The van der Waals surface area contributed by atoms with Crippen molar-refractivity contribution < 1.29 is 4.52 Å². The van der Waals surface area contributed by atoms with Crippen molar-refractivity contribution in [3.63, 3.8) is 0 Å². The topological polar surface area (TPSA) is 75.3 Å². The first-order valence-electron chi connectivity index (χ1n) is 9.90. The van der Waals surface area contributed by atoms with Crippen LogP contribution in [0.25, 0.3) is 0 Å². The molecule has 2 N–H and O–H groups in total. The van der Waals surface area contributed by atoms with Gasteiger partial charge in [0.1, 0.15) is 0 Å². The lowest BCUT2D eigenvalue weighted by Crippen LogP contribution is -2.38. The van der Waals surface area contributed by atoms with E-state index in [1.807, 2.05) is 0 Å². The van der Waals surface area contributed by atoms with Crippen LogP contribution < -0.4 is 10.6 Å². The van der Waals surface area contributed by atoms with E-state index in [1.54, 1.807) is 0 Å². The average Bonchev–Trinajstić information content (AvgIpc) is 3.12. The monoisotopic (exact) mass is 499 g/mol. The Morgan fingerprint density at radius 3 is 2.64 bits per heavy atom. The van der Waals surface area contributed by atoms with Crippen LogP contribution in [-0.2, 0) is 6.42 Å². The van der Waals surface area contributed by atoms with Crippen LogP contribution in [0.15, 0.2) is 33.8 Å². The van der Waals surface area contributed by atoms with E-state index in [0.29, 0.717) is 17.7 Å². The highest BCUT2D eigenvalue weighted by molar-refractivity contribution is 14.0. The minimum atomic E-state index is 0. The largest absolute Gasteiger partial charge is 0.357 e. The number of rotatable bonds is 9. The summed E-state index contributed by atoms with van der Waals surface area (Å²) in [6.07, 6.45) is 1.68. The second kappa shape index (κ2) is 12.7. The first-order valence-corrected chi connectivity index (χ1v) is 9.90. The van der Waals surface area contributed by atoms with Crippen LogP contribution in [0.4, 0.5) is 0 Å². The molecule has 28 heavy (non-hydrogen) atoms. The summed E-state index contributed by atoms with van der Waals surface area (Å²) in [5.41, 5.74) is 2.61. The Hall–Kier alpha value is -1.64. The van der Waals surface area contributed by atoms with Gasteiger partial charge in [-0.05, 0) is 25.8 Å². The molecule has 1 aromatic carbocycles. The summed E-state index contributed by atoms with van der Waals surface area (Å²) in [5, 5.41) is 10.7. The molecule has 2 aromatic rings. The standard InChI is InChI=1S/C21H33N5O.HI/c1-6-22-21(24-14-17(5)18-10-7-9-16(4)13-18)23-12-8-11-19-25-20(15(2)3)26-27-19;/h7,9-10,13,15,17H,6,8,11-12,14H2,1-5H3,(H2,22,23,24);1H. The normalized spacial score (nSPS) is 12.6. The van der Waals surface area contributed by atoms with Gasteiger partial charge in [-0.1, -0.05) is 55.8 Å². The van der Waals surface area contributed by atoms with Gasteiger partial charge in [0, 0.05) is 37.9 Å². The maximum Gasteiger partial charge on any atom is 0.226 e. The number of aryl methyl sites for hydroxylation is 2. The summed E-state index contributed by atoms with van der Waals surface area (Å²) in [6, 6.07) is 8.63. The molecule has 1 heterocycles. The van der Waals surface area contributed by atoms with E-state index in [2.05, 4.69) is 79.7 Å². The highest BCUT2D eigenvalue weighted by Gasteiger charge is 2.09. The van der Waals surface area contributed by atoms with Gasteiger partial charge in [-0.3, -0.25) is 4.99 Å². The minimum absolute atomic E-state index is 0. The first kappa shape index (κ1) is 24.4. The molecule has 0 saturated heterocycles. The SMILES string of the molecule is CCNC(=NCC(C)c1cccc(C)c1)NCCCc1nc(C(C)C)no1.I. The molecule has 0 amide bonds. The lowest BCUT2D eigenvalue weighted by atomic mass is 10.00. The van der Waals surface area contributed by atoms with Gasteiger partial charge < -0.3 is 15.2 Å². The molecular weight excluding hydrogens is 465 g/mol. The average molecular weight is 499 g/mol. The molecule has 0 aliphatic heterocycles. The molecule has 0 spiro atoms. The van der Waals surface area contributed by atoms with Crippen LogP contribution in [0.3, 0.4) is 0 Å². The maximum atomic E-state index is 5.28. The van der Waals surface area contributed by atoms with E-state index in [0.717, 1.165) is 44.3 Å². The second-order valence-electron chi connectivity index (χ2n) is 7.27. The fourth-order valence-electron chi connectivity index (χ4n) is 2.70. The van der Waals surface area contributed by atoms with E-state index in [1.165, 1.54) is 11.1 Å². The van der Waals surface area contributed by atoms with Crippen LogP contribution in [0.1, 0.15) is 68.8 Å². The molecule has 0 aliphatic carbocycles. The first-order chi connectivity index (χ1) is 13.0. The van der Waals surface area contributed by atoms with Crippen molar-refractivity contribution in [1.29, 1.82) is 0 Å². The Balaban J connectivity index is 0.00000392. The zero-order chi connectivity index (χ0) is 19.6. The molecule has 0 saturated carbocycles. The van der Waals surface area contributed by atoms with Crippen LogP contribution >= 0.6 is 24.0 Å². The van der Waals surface area contributed by atoms with E-state index in [-0.39, 0.29) is 24.0 Å². The van der Waals surface area contributed by atoms with Gasteiger partial charge in [0.05, 0.1) is 0 Å². The summed E-state index contributed by atoms with van der Waals surface area (Å²) < 4.78 is 5.28. The highest BCUT2D eigenvalue weighted by Crippen LogP contribution is 2.16. The van der Waals surface area contributed by atoms with Gasteiger partial charge >= 0.3 is 0 Å². The molecule has 6 nitrogen and oxygen atoms in total. The van der Waals surface area contributed by atoms with Crippen LogP contribution in [-0.4, -0.2) is 35.7 Å². The summed E-state index contributed by atoms with van der Waals surface area (Å²) in [5.74, 6) is 3.01. The lowest BCUT2D eigenvalue weighted by Gasteiger charge is -2.14. The number of benzene rings is 1. The Labute approximate surface area is 186 Å². The molecule has 7 heteroatoms. The number of nitrogens with zero attached hydrogens (tertiary/aromatic N) is 3. The van der Waals surface area contributed by atoms with Crippen molar-refractivity contribution in [2.45, 2.75) is 59.3 Å². The van der Waals surface area contributed by atoms with E-state index < -0.39 is 0 Å². The Kier molecular flexibility index (Phi) is 11.1. The molecule has 156 valence electrons. The summed E-state index contributed by atoms with van der Waals surface area (Å²) >= 11 is 0. The Morgan fingerprint density at radius 2 is 2.00 bits per heavy atom. The number of aliphatic imine (C=N–C) groups is 1. The van der Waals surface area contributed by atoms with Crippen molar-refractivity contribution in [3.05, 3.63) is 47.1 Å². The van der Waals surface area contributed by atoms with Crippen molar-refractivity contribution in [1.82, 2.24) is 20.8 Å². The van der Waals surface area contributed by atoms with Crippen LogP contribution in [0, 0.1) is 6.92 Å². The molecule has 2 rings (SSSR count). The van der Waals surface area contributed by atoms with Gasteiger partial charge in [-0.15, -0.1) is 24.0 Å². The molecule has 0 aliphatic rings. The van der Waals surface area contributed by atoms with E-state index in [4.69, 9.17) is 9.52 Å². The minimum Gasteiger partial charge on any atom is -0.357 e. The number of nitrogens with one attached hydrogen (secondary N) is 2. The molecular formula is C21H34IN5O. The van der Waals surface area contributed by atoms with Gasteiger partial charge in [0.25, 0.3) is 0 Å². The second-order valence-corrected chi connectivity index (χ2v) is 7.27. The van der Waals surface area contributed by atoms with Crippen molar-refractivity contribution in [3.8, 4) is 0 Å². The Morgan fingerprint density at radius 1 is 1.21 bits per heavy atom. The molecule has 0 fully saturated rings. The summed E-state index contributed by atoms with van der Waals surface area (Å²) in [4.78, 5) is 9.15. The molecule has 0 bridgehead atoms. The predicted molar refractivity (Wildman–Crippen MR) is 126 cm³/mol. The zero-order valence-corrected chi connectivity index (χ0v) is 20.0. The predicted octanol–water partition coefficient (Wildman–Crippen LogP) is 4.41. The van der Waals surface area contributed by atoms with Crippen molar-refractivity contribution in [2.75, 3.05) is 19.6 Å². The maximum absolute atomic E-state index is 5.28. The number of aromatic nitrogens is 2. The van der Waals surface area contributed by atoms with Crippen molar-refractivity contribution in [2.24, 2.45) is 4.99 Å². The van der Waals surface area contributed by atoms with E-state index >= 15 is 0 Å². The van der Waals surface area contributed by atoms with Gasteiger partial charge in [-0.25, -0.2) is 0 Å². The summed E-state index contributed by atoms with van der Waals surface area (Å²) in [7, 11) is 0. The number of halogens is 1. The van der Waals surface area contributed by atoms with Crippen LogP contribution in [0.5, 0.6) is 0 Å². The van der Waals surface area contributed by atoms with Crippen molar-refractivity contribution >= 4 is 29.9 Å². The number of hydrogen-bond acceptors (Lipinski definition) is 4. The number of guanidine groups is 1. The third-order valence-electron chi connectivity index (χ3n) is 4.34. The quantitative estimate of drug-likeness (QED) is 0.231.